The number of carboxylic acids is 1. The molecule has 21 nitrogen and oxygen atoms in total. The largest absolute Gasteiger partial charge is 0.481 e. The molecule has 424 valence electrons. The Labute approximate surface area is 433 Å². The van der Waals surface area contributed by atoms with E-state index in [0.29, 0.717) is 25.7 Å². The summed E-state index contributed by atoms with van der Waals surface area (Å²) in [5.41, 5.74) is -1.58. The molecule has 0 aromatic rings. The van der Waals surface area contributed by atoms with Crippen LogP contribution in [0.1, 0.15) is 120 Å². The number of carbonyl (C=O) groups is 1. The van der Waals surface area contributed by atoms with E-state index in [1.165, 1.54) is 19.4 Å². The zero-order valence-corrected chi connectivity index (χ0v) is 44.3. The van der Waals surface area contributed by atoms with Crippen molar-refractivity contribution in [3.8, 4) is 0 Å². The summed E-state index contributed by atoms with van der Waals surface area (Å²) >= 11 is 0. The minimum Gasteiger partial charge on any atom is -0.481 e. The first-order valence-electron chi connectivity index (χ1n) is 27.0. The van der Waals surface area contributed by atoms with E-state index in [9.17, 15) is 66.1 Å². The molecule has 0 radical (unpaired) electrons. The molecule has 12 N–H and O–H groups in total. The second-order valence-electron chi connectivity index (χ2n) is 25.9. The molecule has 4 heterocycles. The van der Waals surface area contributed by atoms with Crippen LogP contribution in [0.2, 0.25) is 0 Å². The third kappa shape index (κ3) is 9.08. The van der Waals surface area contributed by atoms with Crippen LogP contribution >= 0.6 is 0 Å². The summed E-state index contributed by atoms with van der Waals surface area (Å²) in [7, 11) is 0. The molecule has 5 aliphatic carbocycles. The van der Waals surface area contributed by atoms with Crippen molar-refractivity contribution in [1.82, 2.24) is 0 Å². The first-order chi connectivity index (χ1) is 34.4. The lowest BCUT2D eigenvalue weighted by molar-refractivity contribution is -0.382. The van der Waals surface area contributed by atoms with Gasteiger partial charge in [0.2, 0.25) is 0 Å². The van der Waals surface area contributed by atoms with Gasteiger partial charge in [0.05, 0.1) is 37.6 Å². The summed E-state index contributed by atoms with van der Waals surface area (Å²) in [4.78, 5) is 13.3. The molecule has 4 saturated carbocycles. The Morgan fingerprint density at radius 3 is 1.92 bits per heavy atom. The molecule has 0 amide bonds. The Morgan fingerprint density at radius 1 is 0.622 bits per heavy atom. The minimum atomic E-state index is -1.88. The Morgan fingerprint density at radius 2 is 1.24 bits per heavy atom. The predicted molar refractivity (Wildman–Crippen MR) is 256 cm³/mol. The van der Waals surface area contributed by atoms with Gasteiger partial charge >= 0.3 is 5.97 Å². The van der Waals surface area contributed by atoms with Gasteiger partial charge in [0.25, 0.3) is 0 Å². The number of carboxylic acid groups (broad SMARTS) is 1. The van der Waals surface area contributed by atoms with Gasteiger partial charge in [-0.15, -0.1) is 0 Å². The lowest BCUT2D eigenvalue weighted by Gasteiger charge is -2.71. The van der Waals surface area contributed by atoms with E-state index in [2.05, 4.69) is 54.5 Å². The number of allylic oxidation sites excluding steroid dienone is 2. The maximum absolute atomic E-state index is 13.3. The quantitative estimate of drug-likeness (QED) is 0.103. The zero-order valence-electron chi connectivity index (χ0n) is 44.3. The van der Waals surface area contributed by atoms with Crippen LogP contribution in [0.5, 0.6) is 0 Å². The van der Waals surface area contributed by atoms with Crippen LogP contribution in [-0.4, -0.2) is 209 Å². The van der Waals surface area contributed by atoms with Crippen LogP contribution in [-0.2, 0) is 42.7 Å². The van der Waals surface area contributed by atoms with Crippen LogP contribution in [0.15, 0.2) is 11.6 Å². The Bertz CT molecular complexity index is 2060. The molecule has 0 aromatic carbocycles. The van der Waals surface area contributed by atoms with E-state index in [-0.39, 0.29) is 40.6 Å². The fourth-order valence-corrected chi connectivity index (χ4v) is 16.3. The third-order valence-corrected chi connectivity index (χ3v) is 21.0. The smallest absolute Gasteiger partial charge is 0.312 e. The molecule has 4 saturated heterocycles. The van der Waals surface area contributed by atoms with Crippen molar-refractivity contribution in [1.29, 1.82) is 0 Å². The fraction of sp³-hybridized carbons (Fsp3) is 0.943. The summed E-state index contributed by atoms with van der Waals surface area (Å²) in [6, 6.07) is 0. The number of rotatable bonds is 10. The van der Waals surface area contributed by atoms with Crippen LogP contribution < -0.4 is 0 Å². The molecule has 74 heavy (non-hydrogen) atoms. The second-order valence-corrected chi connectivity index (χ2v) is 25.9. The lowest BCUT2D eigenvalue weighted by atomic mass is 9.33. The van der Waals surface area contributed by atoms with E-state index in [1.54, 1.807) is 0 Å². The number of aliphatic hydroxyl groups excluding tert-OH is 11. The van der Waals surface area contributed by atoms with E-state index in [0.717, 1.165) is 32.1 Å². The van der Waals surface area contributed by atoms with Gasteiger partial charge in [-0.25, -0.2) is 0 Å². The van der Waals surface area contributed by atoms with Gasteiger partial charge < -0.3 is 99.2 Å². The van der Waals surface area contributed by atoms with Crippen LogP contribution in [0.25, 0.3) is 0 Å². The van der Waals surface area contributed by atoms with Crippen LogP contribution in [0.3, 0.4) is 0 Å². The van der Waals surface area contributed by atoms with Crippen molar-refractivity contribution >= 4 is 5.97 Å². The Balaban J connectivity index is 0.944. The standard InChI is InChI=1S/C53H86O21/c1-22-32(56)35(59)38(62)44(69-22)73-41-23(2)70-45(39(63)36(41)60)74-42-34(58)27(21-68-43-37(61)33(57)26(54)20-67-43)71-46(40(42)64)72-31-13-14-50(7)28(49(31,5)6)12-15-51(8)29(50)11-10-24-25-18-48(3,4)16-17-53(25,47(65)66)30(55)19-52(24,51)9/h10,22-23,25-46,54-64H,11-21H2,1-9H3,(H,65,66)/t22-,23-,25-,26-,27-,28+,29-,30-,31+,32-,33+,34-,35+,36-,37-,38-,39-,40-,41-,42+,43+,44+,45+,46+,50+,51-,52-,53+/m0/s1. The van der Waals surface area contributed by atoms with Crippen LogP contribution in [0, 0.1) is 50.2 Å². The second kappa shape index (κ2) is 20.2. The first-order valence-corrected chi connectivity index (χ1v) is 27.0. The predicted octanol–water partition coefficient (Wildman–Crippen LogP) is 0.196. The third-order valence-electron chi connectivity index (χ3n) is 21.0. The fourth-order valence-electron chi connectivity index (χ4n) is 16.3. The summed E-state index contributed by atoms with van der Waals surface area (Å²) < 4.78 is 48.1. The highest BCUT2D eigenvalue weighted by Crippen LogP contribution is 2.76. The summed E-state index contributed by atoms with van der Waals surface area (Å²) in [5.74, 6) is -0.910. The number of aliphatic carboxylic acids is 1. The van der Waals surface area contributed by atoms with Crippen molar-refractivity contribution in [2.24, 2.45) is 50.2 Å². The average molecular weight is 1060 g/mol. The maximum Gasteiger partial charge on any atom is 0.312 e. The van der Waals surface area contributed by atoms with Gasteiger partial charge in [-0.3, -0.25) is 4.79 Å². The van der Waals surface area contributed by atoms with Gasteiger partial charge in [-0.05, 0) is 116 Å². The number of hydrogen-bond acceptors (Lipinski definition) is 20. The van der Waals surface area contributed by atoms with Gasteiger partial charge in [0.1, 0.15) is 84.8 Å². The molecule has 0 bridgehead atoms. The Kier molecular flexibility index (Phi) is 15.6. The van der Waals surface area contributed by atoms with E-state index in [4.69, 9.17) is 37.9 Å². The molecule has 0 aromatic heterocycles. The first kappa shape index (κ1) is 57.1. The highest BCUT2D eigenvalue weighted by atomic mass is 16.8. The molecular weight excluding hydrogens is 973 g/mol. The normalized spacial score (nSPS) is 55.2. The SMILES string of the molecule is C[C@@H]1O[C@H](O[C@@H]2[C@@H](O)[C@H](O)[C@@H](O[C@H]3[C@H](O)[C@@H](O[C@@H]4CC[C@]5(C)[C@H](CC[C@@]6(C)[C@H]5CC=C5[C@@H]7CC(C)(C)CC[C@]7(C(=O)O)[C@@H](O)C[C@@]56C)C4(C)C)O[C@@H](CO[C@H]4OC[C@H](O)[C@@H](O)[C@@H]4O)[C@@H]3O)O[C@H]2C)[C@@H](O)[C@H](O)[C@H]1O. The molecule has 21 heteroatoms. The van der Waals surface area contributed by atoms with Gasteiger partial charge in [-0.1, -0.05) is 60.1 Å². The minimum absolute atomic E-state index is 0.0700. The summed E-state index contributed by atoms with van der Waals surface area (Å²) in [5, 5.41) is 132. The average Bonchev–Trinajstić information content (AvgIpc) is 3.32. The van der Waals surface area contributed by atoms with Crippen molar-refractivity contribution in [2.75, 3.05) is 13.2 Å². The lowest BCUT2D eigenvalue weighted by Crippen LogP contribution is -2.68. The molecule has 8 fully saturated rings. The highest BCUT2D eigenvalue weighted by Gasteiger charge is 2.72. The highest BCUT2D eigenvalue weighted by molar-refractivity contribution is 5.77. The molecule has 9 aliphatic rings. The number of aliphatic hydroxyl groups is 11. The van der Waals surface area contributed by atoms with E-state index < -0.39 is 158 Å². The topological polar surface area (TPSA) is 334 Å². The van der Waals surface area contributed by atoms with Gasteiger partial charge in [-0.2, -0.15) is 0 Å². The van der Waals surface area contributed by atoms with E-state index in [1.807, 2.05) is 0 Å². The molecular formula is C53H86O21. The summed E-state index contributed by atoms with van der Waals surface area (Å²) in [6.07, 6.45) is -22.4. The molecule has 0 unspecified atom stereocenters. The number of fused-ring (bicyclic) bond motifs is 7. The van der Waals surface area contributed by atoms with Crippen molar-refractivity contribution in [3.63, 3.8) is 0 Å². The monoisotopic (exact) mass is 1060 g/mol. The van der Waals surface area contributed by atoms with Crippen LogP contribution in [0.4, 0.5) is 0 Å². The molecule has 28 atom stereocenters. The maximum atomic E-state index is 13.3. The Hall–Kier alpha value is -1.55. The van der Waals surface area contributed by atoms with Crippen molar-refractivity contribution in [2.45, 2.75) is 249 Å². The summed E-state index contributed by atoms with van der Waals surface area (Å²) in [6.45, 7) is 17.8. The number of ether oxygens (including phenoxy) is 8. The van der Waals surface area contributed by atoms with Gasteiger partial charge in [0, 0.05) is 0 Å². The molecule has 4 aliphatic heterocycles. The van der Waals surface area contributed by atoms with E-state index >= 15 is 0 Å². The molecule has 9 rings (SSSR count). The van der Waals surface area contributed by atoms with Crippen molar-refractivity contribution < 1.29 is 104 Å². The van der Waals surface area contributed by atoms with Crippen molar-refractivity contribution in [3.05, 3.63) is 11.6 Å². The van der Waals surface area contributed by atoms with Gasteiger partial charge in [0.15, 0.2) is 25.2 Å². The molecule has 0 spiro atoms. The number of hydrogen-bond donors (Lipinski definition) is 12. The zero-order chi connectivity index (χ0) is 54.2.